The second kappa shape index (κ2) is 13.3. The Morgan fingerprint density at radius 2 is 0.831 bits per heavy atom. The summed E-state index contributed by atoms with van der Waals surface area (Å²) in [5, 5.41) is 2.61. The molecule has 0 heterocycles. The molecule has 0 bridgehead atoms. The first kappa shape index (κ1) is 35.2. The van der Waals surface area contributed by atoms with Crippen molar-refractivity contribution < 1.29 is 0 Å². The van der Waals surface area contributed by atoms with Gasteiger partial charge in [0.1, 0.15) is 0 Å². The summed E-state index contributed by atoms with van der Waals surface area (Å²) in [7, 11) is 0. The maximum absolute atomic E-state index is 2.46. The fourth-order valence-electron chi connectivity index (χ4n) is 10.2. The van der Waals surface area contributed by atoms with E-state index in [9.17, 15) is 0 Å². The molecule has 0 aromatic heterocycles. The van der Waals surface area contributed by atoms with Gasteiger partial charge in [-0.15, -0.1) is 0 Å². The van der Waals surface area contributed by atoms with Crippen molar-refractivity contribution in [3.05, 3.63) is 222 Å². The Morgan fingerprint density at radius 3 is 1.54 bits per heavy atom. The summed E-state index contributed by atoms with van der Waals surface area (Å²) in [6.45, 7) is 9.53. The summed E-state index contributed by atoms with van der Waals surface area (Å²) in [4.78, 5) is 2.43. The van der Waals surface area contributed by atoms with E-state index < -0.39 is 0 Å². The molecular weight excluding hydrogens is 711 g/mol. The van der Waals surface area contributed by atoms with E-state index in [2.05, 4.69) is 233 Å². The zero-order valence-electron chi connectivity index (χ0n) is 34.0. The van der Waals surface area contributed by atoms with Crippen LogP contribution in [0.1, 0.15) is 49.9 Å². The van der Waals surface area contributed by atoms with Crippen molar-refractivity contribution in [3.8, 4) is 55.6 Å². The summed E-state index contributed by atoms with van der Waals surface area (Å²) < 4.78 is 0. The average molecular weight is 756 g/mol. The minimum Gasteiger partial charge on any atom is -0.310 e. The van der Waals surface area contributed by atoms with Gasteiger partial charge in [-0.25, -0.2) is 0 Å². The Labute approximate surface area is 347 Å². The lowest BCUT2D eigenvalue weighted by Crippen LogP contribution is -2.17. The lowest BCUT2D eigenvalue weighted by Gasteiger charge is -2.28. The van der Waals surface area contributed by atoms with Gasteiger partial charge in [0.25, 0.3) is 0 Å². The van der Waals surface area contributed by atoms with E-state index in [0.29, 0.717) is 0 Å². The fourth-order valence-corrected chi connectivity index (χ4v) is 10.2. The van der Waals surface area contributed by atoms with Crippen molar-refractivity contribution in [1.82, 2.24) is 0 Å². The van der Waals surface area contributed by atoms with Crippen molar-refractivity contribution in [2.24, 2.45) is 0 Å². The third-order valence-corrected chi connectivity index (χ3v) is 13.2. The Kier molecular flexibility index (Phi) is 7.94. The number of anilines is 3. The zero-order valence-corrected chi connectivity index (χ0v) is 34.0. The molecule has 2 aliphatic rings. The Morgan fingerprint density at radius 1 is 0.322 bits per heavy atom. The van der Waals surface area contributed by atoms with Gasteiger partial charge in [-0.1, -0.05) is 179 Å². The van der Waals surface area contributed by atoms with E-state index >= 15 is 0 Å². The molecule has 1 nitrogen and oxygen atoms in total. The van der Waals surface area contributed by atoms with Gasteiger partial charge in [-0.3, -0.25) is 0 Å². The maximum Gasteiger partial charge on any atom is 0.0465 e. The molecule has 9 aromatic carbocycles. The molecule has 2 aliphatic carbocycles. The molecule has 9 aromatic rings. The molecule has 0 unspecified atom stereocenters. The molecule has 0 amide bonds. The molecule has 0 spiro atoms. The van der Waals surface area contributed by atoms with E-state index in [1.165, 1.54) is 88.7 Å². The third kappa shape index (κ3) is 5.53. The number of benzene rings is 9. The Balaban J connectivity index is 1.04. The Bertz CT molecular complexity index is 3060. The summed E-state index contributed by atoms with van der Waals surface area (Å²) >= 11 is 0. The normalized spacial score (nSPS) is 14.0. The highest BCUT2D eigenvalue weighted by molar-refractivity contribution is 6.05. The summed E-state index contributed by atoms with van der Waals surface area (Å²) in [5.74, 6) is 0. The maximum atomic E-state index is 2.46. The lowest BCUT2D eigenvalue weighted by molar-refractivity contribution is 0.660. The first-order valence-electron chi connectivity index (χ1n) is 20.8. The van der Waals surface area contributed by atoms with Crippen LogP contribution in [0.15, 0.2) is 200 Å². The fraction of sp³-hybridized carbons (Fsp3) is 0.103. The molecule has 0 saturated heterocycles. The second-order valence-electron chi connectivity index (χ2n) is 17.3. The largest absolute Gasteiger partial charge is 0.310 e. The SMILES string of the molecule is CC1(C)c2ccccc2-c2ccc(-c3ccc(N(c4ccc(-c5ccccc5)cc4)c4ccc5c(c4)C(C)(C)c4c-5c(-c5ccccc5)cc5ccccc45)cc3)cc21. The molecule has 0 N–H and O–H groups in total. The number of fused-ring (bicyclic) bond motifs is 8. The first-order chi connectivity index (χ1) is 28.8. The minimum absolute atomic E-state index is 0.0419. The smallest absolute Gasteiger partial charge is 0.0465 e. The van der Waals surface area contributed by atoms with Crippen molar-refractivity contribution >= 4 is 27.8 Å². The predicted molar refractivity (Wildman–Crippen MR) is 250 cm³/mol. The van der Waals surface area contributed by atoms with E-state index in [-0.39, 0.29) is 10.8 Å². The number of rotatable bonds is 6. The van der Waals surface area contributed by atoms with Crippen molar-refractivity contribution in [3.63, 3.8) is 0 Å². The van der Waals surface area contributed by atoms with E-state index in [4.69, 9.17) is 0 Å². The predicted octanol–water partition coefficient (Wildman–Crippen LogP) is 15.9. The molecule has 1 heteroatoms. The summed E-state index contributed by atoms with van der Waals surface area (Å²) in [5.41, 5.74) is 21.5. The Hall–Kier alpha value is -6.96. The monoisotopic (exact) mass is 755 g/mol. The van der Waals surface area contributed by atoms with Gasteiger partial charge in [-0.2, -0.15) is 0 Å². The molecule has 11 rings (SSSR count). The third-order valence-electron chi connectivity index (χ3n) is 13.2. The highest BCUT2D eigenvalue weighted by atomic mass is 15.1. The highest BCUT2D eigenvalue weighted by Crippen LogP contribution is 2.56. The van der Waals surface area contributed by atoms with Crippen LogP contribution in [-0.4, -0.2) is 0 Å². The van der Waals surface area contributed by atoms with Gasteiger partial charge in [0.2, 0.25) is 0 Å². The van der Waals surface area contributed by atoms with Crippen LogP contribution in [0.5, 0.6) is 0 Å². The summed E-state index contributed by atoms with van der Waals surface area (Å²) in [6, 6.07) is 74.1. The van der Waals surface area contributed by atoms with Gasteiger partial charge in [0.05, 0.1) is 0 Å². The number of hydrogen-bond acceptors (Lipinski definition) is 1. The molecule has 0 fully saturated rings. The van der Waals surface area contributed by atoms with Gasteiger partial charge in [0, 0.05) is 27.9 Å². The van der Waals surface area contributed by atoms with E-state index in [1.54, 1.807) is 0 Å². The van der Waals surface area contributed by atoms with Crippen molar-refractivity contribution in [1.29, 1.82) is 0 Å². The van der Waals surface area contributed by atoms with Crippen LogP contribution in [0.3, 0.4) is 0 Å². The van der Waals surface area contributed by atoms with Gasteiger partial charge >= 0.3 is 0 Å². The molecule has 0 atom stereocenters. The molecule has 59 heavy (non-hydrogen) atoms. The van der Waals surface area contributed by atoms with Crippen LogP contribution >= 0.6 is 0 Å². The topological polar surface area (TPSA) is 3.24 Å². The van der Waals surface area contributed by atoms with Crippen molar-refractivity contribution in [2.45, 2.75) is 38.5 Å². The van der Waals surface area contributed by atoms with Crippen LogP contribution in [0.25, 0.3) is 66.4 Å². The molecule has 0 aliphatic heterocycles. The number of hydrogen-bond donors (Lipinski definition) is 0. The van der Waals surface area contributed by atoms with E-state index in [1.807, 2.05) is 0 Å². The van der Waals surface area contributed by atoms with Crippen LogP contribution in [0.4, 0.5) is 17.1 Å². The molecular formula is C58H45N. The second-order valence-corrected chi connectivity index (χ2v) is 17.3. The van der Waals surface area contributed by atoms with Crippen LogP contribution in [0.2, 0.25) is 0 Å². The van der Waals surface area contributed by atoms with E-state index in [0.717, 1.165) is 17.1 Å². The molecule has 0 radical (unpaired) electrons. The van der Waals surface area contributed by atoms with Gasteiger partial charge in [0.15, 0.2) is 0 Å². The minimum atomic E-state index is -0.223. The van der Waals surface area contributed by atoms with Gasteiger partial charge in [-0.05, 0) is 137 Å². The van der Waals surface area contributed by atoms with Crippen LogP contribution in [-0.2, 0) is 10.8 Å². The standard InChI is InChI=1S/C58H45N/c1-57(2)52-22-14-13-21-48(52)49-33-27-42(36-53(49)57)40-25-30-45(31-26-40)59(44-28-23-39(24-29-44)38-15-7-5-8-16-38)46-32-34-50-54(37-46)58(3,4)56-47-20-12-11-19-43(47)35-51(55(50)56)41-17-9-6-10-18-41/h5-37H,1-4H3. The quantitative estimate of drug-likeness (QED) is 0.163. The lowest BCUT2D eigenvalue weighted by atomic mass is 9.79. The molecule has 0 saturated carbocycles. The zero-order chi connectivity index (χ0) is 39.9. The van der Waals surface area contributed by atoms with Crippen LogP contribution < -0.4 is 4.90 Å². The van der Waals surface area contributed by atoms with Crippen LogP contribution in [0, 0.1) is 0 Å². The molecule has 282 valence electrons. The first-order valence-corrected chi connectivity index (χ1v) is 20.8. The number of nitrogens with zero attached hydrogens (tertiary/aromatic N) is 1. The van der Waals surface area contributed by atoms with Crippen molar-refractivity contribution in [2.75, 3.05) is 4.90 Å². The average Bonchev–Trinajstić information content (AvgIpc) is 3.66. The van der Waals surface area contributed by atoms with Gasteiger partial charge < -0.3 is 4.90 Å². The highest BCUT2D eigenvalue weighted by Gasteiger charge is 2.39. The summed E-state index contributed by atoms with van der Waals surface area (Å²) in [6.07, 6.45) is 0.